The number of nitro benzene ring substituents is 1. The Morgan fingerprint density at radius 3 is 2.78 bits per heavy atom. The fourth-order valence-corrected chi connectivity index (χ4v) is 1.70. The molecule has 0 aliphatic carbocycles. The number of hydrogen-bond acceptors (Lipinski definition) is 4. The van der Waals surface area contributed by atoms with Gasteiger partial charge in [-0.2, -0.15) is 5.26 Å². The first-order valence-corrected chi connectivity index (χ1v) is 5.49. The molecule has 0 aliphatic heterocycles. The van der Waals surface area contributed by atoms with Gasteiger partial charge in [0.15, 0.2) is 0 Å². The zero-order valence-electron chi connectivity index (χ0n) is 9.59. The fourth-order valence-electron chi connectivity index (χ4n) is 1.45. The van der Waals surface area contributed by atoms with Crippen LogP contribution in [-0.4, -0.2) is 28.8 Å². The largest absolute Gasteiger partial charge is 0.325 e. The maximum atomic E-state index is 12.1. The number of nitro groups is 1. The highest BCUT2D eigenvalue weighted by atomic mass is 35.5. The smallest absolute Gasteiger partial charge is 0.283 e. The van der Waals surface area contributed by atoms with Crippen LogP contribution in [0.4, 0.5) is 5.69 Å². The van der Waals surface area contributed by atoms with Gasteiger partial charge in [0.2, 0.25) is 0 Å². The van der Waals surface area contributed by atoms with Gasteiger partial charge >= 0.3 is 0 Å². The summed E-state index contributed by atoms with van der Waals surface area (Å²) in [6, 6.07) is 5.84. The topological polar surface area (TPSA) is 87.2 Å². The minimum absolute atomic E-state index is 0.00518. The van der Waals surface area contributed by atoms with E-state index >= 15 is 0 Å². The van der Waals surface area contributed by atoms with E-state index < -0.39 is 10.8 Å². The van der Waals surface area contributed by atoms with Crippen LogP contribution < -0.4 is 0 Å². The Morgan fingerprint density at radius 1 is 1.61 bits per heavy atom. The van der Waals surface area contributed by atoms with Crippen LogP contribution in [-0.2, 0) is 0 Å². The van der Waals surface area contributed by atoms with E-state index in [0.29, 0.717) is 0 Å². The summed E-state index contributed by atoms with van der Waals surface area (Å²) in [4.78, 5) is 23.5. The zero-order chi connectivity index (χ0) is 13.7. The van der Waals surface area contributed by atoms with Crippen molar-refractivity contribution in [3.8, 4) is 6.07 Å². The van der Waals surface area contributed by atoms with E-state index in [1.54, 1.807) is 6.92 Å². The van der Waals surface area contributed by atoms with Crippen molar-refractivity contribution in [2.75, 3.05) is 13.1 Å². The summed E-state index contributed by atoms with van der Waals surface area (Å²) in [6.45, 7) is 1.81. The average molecular weight is 268 g/mol. The lowest BCUT2D eigenvalue weighted by molar-refractivity contribution is -0.385. The lowest BCUT2D eigenvalue weighted by Crippen LogP contribution is -2.31. The van der Waals surface area contributed by atoms with Crippen molar-refractivity contribution < 1.29 is 9.72 Å². The SMILES string of the molecule is CCN(CC#N)C(=O)c1c(Cl)cccc1[N+](=O)[O-]. The molecule has 0 spiro atoms. The van der Waals surface area contributed by atoms with Crippen LogP contribution in [0.5, 0.6) is 0 Å². The lowest BCUT2D eigenvalue weighted by atomic mass is 10.1. The molecule has 0 saturated carbocycles. The summed E-state index contributed by atoms with van der Waals surface area (Å²) < 4.78 is 0. The van der Waals surface area contributed by atoms with E-state index in [-0.39, 0.29) is 29.4 Å². The average Bonchev–Trinajstić information content (AvgIpc) is 2.34. The second-order valence-corrected chi connectivity index (χ2v) is 3.78. The quantitative estimate of drug-likeness (QED) is 0.475. The monoisotopic (exact) mass is 267 g/mol. The molecule has 1 rings (SSSR count). The molecular formula is C11H10ClN3O3. The number of benzene rings is 1. The molecule has 0 saturated heterocycles. The van der Waals surface area contributed by atoms with Crippen LogP contribution in [0.2, 0.25) is 5.02 Å². The van der Waals surface area contributed by atoms with Gasteiger partial charge < -0.3 is 4.90 Å². The maximum Gasteiger partial charge on any atom is 0.283 e. The summed E-state index contributed by atoms with van der Waals surface area (Å²) in [5.74, 6) is -0.614. The molecule has 1 aromatic rings. The Hall–Kier alpha value is -2.13. The van der Waals surface area contributed by atoms with Gasteiger partial charge in [0.1, 0.15) is 12.1 Å². The van der Waals surface area contributed by atoms with E-state index in [1.807, 2.05) is 6.07 Å². The van der Waals surface area contributed by atoms with Gasteiger partial charge in [0, 0.05) is 12.6 Å². The van der Waals surface area contributed by atoms with Crippen LogP contribution in [0.3, 0.4) is 0 Å². The first kappa shape index (κ1) is 13.9. The molecular weight excluding hydrogens is 258 g/mol. The minimum Gasteiger partial charge on any atom is -0.325 e. The number of halogens is 1. The first-order chi connectivity index (χ1) is 8.52. The summed E-state index contributed by atoms with van der Waals surface area (Å²) in [7, 11) is 0. The van der Waals surface area contributed by atoms with Gasteiger partial charge in [-0.25, -0.2) is 0 Å². The Morgan fingerprint density at radius 2 is 2.28 bits per heavy atom. The Labute approximate surface area is 109 Å². The standard InChI is InChI=1S/C11H10ClN3O3/c1-2-14(7-6-13)11(16)10-8(12)4-3-5-9(10)15(17)18/h3-5H,2,7H2,1H3. The van der Waals surface area contributed by atoms with Crippen LogP contribution in [0.25, 0.3) is 0 Å². The van der Waals surface area contributed by atoms with Crippen molar-refractivity contribution >= 4 is 23.2 Å². The van der Waals surface area contributed by atoms with E-state index in [9.17, 15) is 14.9 Å². The minimum atomic E-state index is -0.667. The van der Waals surface area contributed by atoms with E-state index in [1.165, 1.54) is 23.1 Å². The van der Waals surface area contributed by atoms with Crippen LogP contribution in [0.15, 0.2) is 18.2 Å². The number of hydrogen-bond donors (Lipinski definition) is 0. The third-order valence-corrected chi connectivity index (χ3v) is 2.65. The number of nitriles is 1. The van der Waals surface area contributed by atoms with Crippen molar-refractivity contribution in [2.45, 2.75) is 6.92 Å². The molecule has 6 nitrogen and oxygen atoms in total. The highest BCUT2D eigenvalue weighted by Crippen LogP contribution is 2.27. The van der Waals surface area contributed by atoms with Crippen LogP contribution in [0, 0.1) is 21.4 Å². The number of amides is 1. The third-order valence-electron chi connectivity index (χ3n) is 2.33. The molecule has 1 amide bonds. The molecule has 18 heavy (non-hydrogen) atoms. The van der Waals surface area contributed by atoms with Gasteiger partial charge in [-0.15, -0.1) is 0 Å². The van der Waals surface area contributed by atoms with Gasteiger partial charge in [-0.1, -0.05) is 17.7 Å². The van der Waals surface area contributed by atoms with Gasteiger partial charge in [0.25, 0.3) is 11.6 Å². The fraction of sp³-hybridized carbons (Fsp3) is 0.273. The molecule has 0 fully saturated rings. The number of nitrogens with zero attached hydrogens (tertiary/aromatic N) is 3. The number of rotatable bonds is 4. The first-order valence-electron chi connectivity index (χ1n) is 5.12. The Kier molecular flexibility index (Phi) is 4.63. The van der Waals surface area contributed by atoms with Crippen LogP contribution in [0.1, 0.15) is 17.3 Å². The highest BCUT2D eigenvalue weighted by molar-refractivity contribution is 6.34. The van der Waals surface area contributed by atoms with Gasteiger partial charge in [-0.3, -0.25) is 14.9 Å². The van der Waals surface area contributed by atoms with E-state index in [0.717, 1.165) is 0 Å². The summed E-state index contributed by atoms with van der Waals surface area (Å²) in [6.07, 6.45) is 0. The summed E-state index contributed by atoms with van der Waals surface area (Å²) in [5.41, 5.74) is -0.537. The molecule has 0 atom stereocenters. The number of carbonyl (C=O) groups is 1. The molecule has 0 heterocycles. The van der Waals surface area contributed by atoms with Crippen molar-refractivity contribution in [2.24, 2.45) is 0 Å². The third kappa shape index (κ3) is 2.76. The molecule has 0 aliphatic rings. The lowest BCUT2D eigenvalue weighted by Gasteiger charge is -2.17. The summed E-state index contributed by atoms with van der Waals surface area (Å²) >= 11 is 5.83. The highest BCUT2D eigenvalue weighted by Gasteiger charge is 2.26. The second kappa shape index (κ2) is 5.98. The molecule has 1 aromatic carbocycles. The molecule has 0 bridgehead atoms. The zero-order valence-corrected chi connectivity index (χ0v) is 10.3. The molecule has 0 aromatic heterocycles. The predicted octanol–water partition coefficient (Wildman–Crippen LogP) is 2.23. The molecule has 7 heteroatoms. The Balaban J connectivity index is 3.28. The van der Waals surface area contributed by atoms with Gasteiger partial charge in [-0.05, 0) is 13.0 Å². The summed E-state index contributed by atoms with van der Waals surface area (Å²) in [5, 5.41) is 19.5. The van der Waals surface area contributed by atoms with Crippen molar-refractivity contribution in [3.63, 3.8) is 0 Å². The molecule has 0 N–H and O–H groups in total. The molecule has 0 unspecified atom stereocenters. The second-order valence-electron chi connectivity index (χ2n) is 3.37. The Bertz CT molecular complexity index is 525. The van der Waals surface area contributed by atoms with Crippen molar-refractivity contribution in [1.29, 1.82) is 5.26 Å². The van der Waals surface area contributed by atoms with Crippen molar-refractivity contribution in [1.82, 2.24) is 4.90 Å². The predicted molar refractivity (Wildman–Crippen MR) is 65.3 cm³/mol. The van der Waals surface area contributed by atoms with Gasteiger partial charge in [0.05, 0.1) is 16.0 Å². The number of carbonyl (C=O) groups excluding carboxylic acids is 1. The molecule has 0 radical (unpaired) electrons. The maximum absolute atomic E-state index is 12.1. The van der Waals surface area contributed by atoms with E-state index in [2.05, 4.69) is 0 Å². The van der Waals surface area contributed by atoms with E-state index in [4.69, 9.17) is 16.9 Å². The van der Waals surface area contributed by atoms with Crippen LogP contribution >= 0.6 is 11.6 Å². The molecule has 94 valence electrons. The van der Waals surface area contributed by atoms with Crippen molar-refractivity contribution in [3.05, 3.63) is 38.9 Å². The normalized spacial score (nSPS) is 9.61.